The lowest BCUT2D eigenvalue weighted by molar-refractivity contribution is 0.126. The molecule has 1 aliphatic heterocycles. The second kappa shape index (κ2) is 12.3. The summed E-state index contributed by atoms with van der Waals surface area (Å²) in [5, 5.41) is 30.9. The van der Waals surface area contributed by atoms with E-state index in [1.54, 1.807) is 0 Å². The summed E-state index contributed by atoms with van der Waals surface area (Å²) in [4.78, 5) is 6.76. The molecular formula is C14H32N4O3. The summed E-state index contributed by atoms with van der Waals surface area (Å²) in [6.07, 6.45) is 0. The maximum absolute atomic E-state index is 9.19. The number of hydrogen-bond donors (Lipinski definition) is 4. The molecule has 4 N–H and O–H groups in total. The van der Waals surface area contributed by atoms with Crippen molar-refractivity contribution in [3.8, 4) is 0 Å². The minimum absolute atomic E-state index is 0.168. The van der Waals surface area contributed by atoms with Crippen LogP contribution in [0.25, 0.3) is 0 Å². The van der Waals surface area contributed by atoms with Gasteiger partial charge in [0.25, 0.3) is 0 Å². The second-order valence-corrected chi connectivity index (χ2v) is 5.45. The number of rotatable bonds is 6. The van der Waals surface area contributed by atoms with Crippen LogP contribution in [-0.4, -0.2) is 122 Å². The van der Waals surface area contributed by atoms with Crippen molar-refractivity contribution in [1.29, 1.82) is 0 Å². The van der Waals surface area contributed by atoms with Crippen molar-refractivity contribution < 1.29 is 15.3 Å². The van der Waals surface area contributed by atoms with Gasteiger partial charge in [0.05, 0.1) is 19.8 Å². The van der Waals surface area contributed by atoms with Crippen LogP contribution in [-0.2, 0) is 0 Å². The van der Waals surface area contributed by atoms with E-state index in [-0.39, 0.29) is 19.8 Å². The predicted octanol–water partition coefficient (Wildman–Crippen LogP) is -2.53. The van der Waals surface area contributed by atoms with E-state index in [0.717, 1.165) is 52.4 Å². The first kappa shape index (κ1) is 18.8. The summed E-state index contributed by atoms with van der Waals surface area (Å²) in [6, 6.07) is 0. The molecule has 21 heavy (non-hydrogen) atoms. The van der Waals surface area contributed by atoms with E-state index >= 15 is 0 Å². The Balaban J connectivity index is 2.51. The van der Waals surface area contributed by atoms with Crippen molar-refractivity contribution in [2.24, 2.45) is 0 Å². The molecule has 0 atom stereocenters. The molecule has 0 bridgehead atoms. The number of aliphatic hydroxyl groups excluding tert-OH is 3. The Bertz CT molecular complexity index is 226. The van der Waals surface area contributed by atoms with Crippen molar-refractivity contribution in [3.63, 3.8) is 0 Å². The highest BCUT2D eigenvalue weighted by atomic mass is 16.3. The quantitative estimate of drug-likeness (QED) is 0.431. The van der Waals surface area contributed by atoms with Crippen LogP contribution in [0.4, 0.5) is 0 Å². The number of aliphatic hydroxyl groups is 3. The van der Waals surface area contributed by atoms with Gasteiger partial charge in [-0.05, 0) is 0 Å². The van der Waals surface area contributed by atoms with Crippen molar-refractivity contribution in [3.05, 3.63) is 0 Å². The lowest BCUT2D eigenvalue weighted by Crippen LogP contribution is -2.46. The molecule has 126 valence electrons. The molecule has 1 aliphatic rings. The number of nitrogens with one attached hydrogen (secondary N) is 1. The van der Waals surface area contributed by atoms with Gasteiger partial charge in [-0.3, -0.25) is 14.7 Å². The van der Waals surface area contributed by atoms with Crippen LogP contribution in [0.15, 0.2) is 0 Å². The number of hydrogen-bond acceptors (Lipinski definition) is 7. The zero-order valence-corrected chi connectivity index (χ0v) is 13.1. The van der Waals surface area contributed by atoms with Crippen LogP contribution in [0.1, 0.15) is 0 Å². The molecule has 0 aromatic heterocycles. The van der Waals surface area contributed by atoms with E-state index in [0.29, 0.717) is 19.6 Å². The molecule has 0 spiro atoms. The highest BCUT2D eigenvalue weighted by Gasteiger charge is 2.12. The first-order chi connectivity index (χ1) is 10.3. The first-order valence-corrected chi connectivity index (χ1v) is 8.00. The van der Waals surface area contributed by atoms with Crippen LogP contribution >= 0.6 is 0 Å². The Kier molecular flexibility index (Phi) is 11.0. The standard InChI is InChI=1S/C14H32N4O3/c19-12-9-16-3-1-15-2-4-17(10-13-20)6-8-18(7-5-16)11-14-21/h15,19-21H,1-14H2. The van der Waals surface area contributed by atoms with Gasteiger partial charge in [0.2, 0.25) is 0 Å². The smallest absolute Gasteiger partial charge is 0.0558 e. The minimum Gasteiger partial charge on any atom is -0.395 e. The third-order valence-corrected chi connectivity index (χ3v) is 3.92. The summed E-state index contributed by atoms with van der Waals surface area (Å²) < 4.78 is 0. The fourth-order valence-electron chi connectivity index (χ4n) is 2.60. The lowest BCUT2D eigenvalue weighted by atomic mass is 10.3. The monoisotopic (exact) mass is 304 g/mol. The van der Waals surface area contributed by atoms with E-state index in [2.05, 4.69) is 20.0 Å². The summed E-state index contributed by atoms with van der Waals surface area (Å²) >= 11 is 0. The molecule has 0 aromatic carbocycles. The minimum atomic E-state index is 0.168. The Morgan fingerprint density at radius 2 is 0.905 bits per heavy atom. The van der Waals surface area contributed by atoms with Gasteiger partial charge >= 0.3 is 0 Å². The molecule has 7 heteroatoms. The molecule has 0 amide bonds. The molecule has 7 nitrogen and oxygen atoms in total. The van der Waals surface area contributed by atoms with E-state index in [9.17, 15) is 5.11 Å². The summed E-state index contributed by atoms with van der Waals surface area (Å²) in [6.45, 7) is 9.89. The van der Waals surface area contributed by atoms with Crippen molar-refractivity contribution in [2.45, 2.75) is 0 Å². The van der Waals surface area contributed by atoms with Crippen LogP contribution in [0.2, 0.25) is 0 Å². The molecule has 1 heterocycles. The second-order valence-electron chi connectivity index (χ2n) is 5.45. The molecule has 0 aromatic rings. The third kappa shape index (κ3) is 8.67. The van der Waals surface area contributed by atoms with E-state index in [1.807, 2.05) is 0 Å². The molecule has 1 saturated heterocycles. The molecule has 0 saturated carbocycles. The summed E-state index contributed by atoms with van der Waals surface area (Å²) in [5.41, 5.74) is 0. The van der Waals surface area contributed by atoms with Gasteiger partial charge < -0.3 is 20.6 Å². The predicted molar refractivity (Wildman–Crippen MR) is 83.4 cm³/mol. The maximum Gasteiger partial charge on any atom is 0.0558 e. The molecule has 1 rings (SSSR count). The Labute approximate surface area is 128 Å². The molecule has 1 fully saturated rings. The fraction of sp³-hybridized carbons (Fsp3) is 1.00. The average molecular weight is 304 g/mol. The van der Waals surface area contributed by atoms with E-state index in [4.69, 9.17) is 10.2 Å². The molecule has 0 unspecified atom stereocenters. The Hall–Kier alpha value is -0.280. The zero-order valence-electron chi connectivity index (χ0n) is 13.1. The van der Waals surface area contributed by atoms with Crippen molar-refractivity contribution in [2.75, 3.05) is 91.8 Å². The van der Waals surface area contributed by atoms with Gasteiger partial charge in [-0.1, -0.05) is 0 Å². The van der Waals surface area contributed by atoms with Crippen LogP contribution in [0.5, 0.6) is 0 Å². The van der Waals surface area contributed by atoms with Gasteiger partial charge in [-0.15, -0.1) is 0 Å². The van der Waals surface area contributed by atoms with Gasteiger partial charge in [-0.2, -0.15) is 0 Å². The van der Waals surface area contributed by atoms with Crippen LogP contribution in [0, 0.1) is 0 Å². The van der Waals surface area contributed by atoms with Gasteiger partial charge in [0.15, 0.2) is 0 Å². The number of β-amino-alcohol motifs (C(OH)–C–C–N with tert-alkyl or cyclic N) is 3. The average Bonchev–Trinajstić information content (AvgIpc) is 2.47. The Morgan fingerprint density at radius 3 is 1.24 bits per heavy atom. The van der Waals surface area contributed by atoms with E-state index in [1.165, 1.54) is 0 Å². The highest BCUT2D eigenvalue weighted by molar-refractivity contribution is 4.69. The molecule has 0 radical (unpaired) electrons. The highest BCUT2D eigenvalue weighted by Crippen LogP contribution is 1.96. The topological polar surface area (TPSA) is 82.4 Å². The van der Waals surface area contributed by atoms with Crippen molar-refractivity contribution in [1.82, 2.24) is 20.0 Å². The van der Waals surface area contributed by atoms with E-state index < -0.39 is 0 Å². The van der Waals surface area contributed by atoms with Gasteiger partial charge in [0.1, 0.15) is 0 Å². The maximum atomic E-state index is 9.19. The Morgan fingerprint density at radius 1 is 0.571 bits per heavy atom. The third-order valence-electron chi connectivity index (χ3n) is 3.92. The lowest BCUT2D eigenvalue weighted by Gasteiger charge is -2.30. The number of nitrogens with zero attached hydrogens (tertiary/aromatic N) is 3. The van der Waals surface area contributed by atoms with Gasteiger partial charge in [-0.25, -0.2) is 0 Å². The SMILES string of the molecule is OCCN1CCNCCN(CCO)CCN(CCO)CC1. The molecular weight excluding hydrogens is 272 g/mol. The zero-order chi connectivity index (χ0) is 15.3. The fourth-order valence-corrected chi connectivity index (χ4v) is 2.60. The van der Waals surface area contributed by atoms with Crippen LogP contribution in [0.3, 0.4) is 0 Å². The molecule has 0 aliphatic carbocycles. The van der Waals surface area contributed by atoms with Crippen LogP contribution < -0.4 is 5.32 Å². The summed E-state index contributed by atoms with van der Waals surface area (Å²) in [7, 11) is 0. The largest absolute Gasteiger partial charge is 0.395 e. The van der Waals surface area contributed by atoms with Gasteiger partial charge in [0, 0.05) is 72.0 Å². The summed E-state index contributed by atoms with van der Waals surface area (Å²) in [5.74, 6) is 0. The van der Waals surface area contributed by atoms with Crippen molar-refractivity contribution >= 4 is 0 Å². The normalized spacial score (nSPS) is 21.9. The first-order valence-electron chi connectivity index (χ1n) is 8.00.